The van der Waals surface area contributed by atoms with Crippen LogP contribution in [0.1, 0.15) is 23.1 Å². The van der Waals surface area contributed by atoms with Gasteiger partial charge < -0.3 is 9.72 Å². The van der Waals surface area contributed by atoms with Crippen molar-refractivity contribution in [1.29, 1.82) is 0 Å². The summed E-state index contributed by atoms with van der Waals surface area (Å²) < 4.78 is 4.77. The molecule has 0 spiro atoms. The van der Waals surface area contributed by atoms with Crippen LogP contribution in [0.3, 0.4) is 0 Å². The van der Waals surface area contributed by atoms with E-state index in [1.807, 2.05) is 13.0 Å². The zero-order chi connectivity index (χ0) is 8.27. The van der Waals surface area contributed by atoms with Crippen LogP contribution in [0.25, 0.3) is 0 Å². The first kappa shape index (κ1) is 11.8. The molecule has 1 aromatic heterocycles. The zero-order valence-corrected chi connectivity index (χ0v) is 9.68. The molecule has 12 heavy (non-hydrogen) atoms. The normalized spacial score (nSPS) is 8.83. The summed E-state index contributed by atoms with van der Waals surface area (Å²) in [6.07, 6.45) is 0. The average Bonchev–Trinajstić information content (AvgIpc) is 2.36. The quantitative estimate of drug-likeness (QED) is 0.542. The maximum atomic E-state index is 11.0. The van der Waals surface area contributed by atoms with Crippen molar-refractivity contribution in [2.75, 3.05) is 6.61 Å². The molecule has 1 aromatic rings. The van der Waals surface area contributed by atoms with Gasteiger partial charge in [0.05, 0.1) is 6.61 Å². The summed E-state index contributed by atoms with van der Waals surface area (Å²) in [5, 5.41) is 0. The van der Waals surface area contributed by atoms with Gasteiger partial charge in [0.25, 0.3) is 0 Å². The Balaban J connectivity index is 0.00000121. The number of aromatic nitrogens is 1. The second-order valence-corrected chi connectivity index (χ2v) is 2.28. The van der Waals surface area contributed by atoms with Crippen molar-refractivity contribution in [3.05, 3.63) is 23.5 Å². The average molecular weight is 176 g/mol. The Labute approximate surface area is 93.8 Å². The van der Waals surface area contributed by atoms with Crippen LogP contribution in [-0.2, 0) is 4.74 Å². The molecule has 0 saturated heterocycles. The van der Waals surface area contributed by atoms with Crippen LogP contribution in [0.5, 0.6) is 0 Å². The topological polar surface area (TPSA) is 42.1 Å². The summed E-state index contributed by atoms with van der Waals surface area (Å²) in [5.74, 6) is -0.291. The summed E-state index contributed by atoms with van der Waals surface area (Å²) in [6.45, 7) is 4.09. The zero-order valence-electron chi connectivity index (χ0n) is 7.68. The summed E-state index contributed by atoms with van der Waals surface area (Å²) in [6, 6.07) is 3.56. The van der Waals surface area contributed by atoms with Crippen LogP contribution in [0, 0.1) is 6.92 Å². The minimum absolute atomic E-state index is 0. The molecule has 61 valence electrons. The molecule has 1 heterocycles. The van der Waals surface area contributed by atoms with E-state index in [0.717, 1.165) is 5.69 Å². The molecule has 4 heteroatoms. The minimum Gasteiger partial charge on any atom is -0.461 e. The van der Waals surface area contributed by atoms with E-state index < -0.39 is 0 Å². The third kappa shape index (κ3) is 3.01. The maximum Gasteiger partial charge on any atom is 0.354 e. The monoisotopic (exact) mass is 176 g/mol. The molecule has 0 fully saturated rings. The van der Waals surface area contributed by atoms with Gasteiger partial charge in [-0.1, -0.05) is 0 Å². The predicted octanol–water partition coefficient (Wildman–Crippen LogP) is 1.12. The predicted molar refractivity (Wildman–Crippen MR) is 47.2 cm³/mol. The van der Waals surface area contributed by atoms with E-state index in [9.17, 15) is 4.79 Å². The van der Waals surface area contributed by atoms with Crippen molar-refractivity contribution in [3.8, 4) is 0 Å². The molecule has 0 saturated carbocycles. The third-order valence-corrected chi connectivity index (χ3v) is 1.33. The van der Waals surface area contributed by atoms with Crippen LogP contribution in [0.2, 0.25) is 0 Å². The SMILES string of the molecule is CCOC(=O)c1ccc(C)[nH]1.[Na]. The number of aryl methyl sites for hydroxylation is 1. The summed E-state index contributed by atoms with van der Waals surface area (Å²) >= 11 is 0. The fourth-order valence-corrected chi connectivity index (χ4v) is 0.832. The van der Waals surface area contributed by atoms with Gasteiger partial charge in [0.1, 0.15) is 5.69 Å². The van der Waals surface area contributed by atoms with E-state index in [-0.39, 0.29) is 35.5 Å². The largest absolute Gasteiger partial charge is 0.461 e. The Bertz CT molecular complexity index is 257. The molecule has 0 amide bonds. The van der Waals surface area contributed by atoms with Crippen LogP contribution in [0.4, 0.5) is 0 Å². The van der Waals surface area contributed by atoms with Gasteiger partial charge in [-0.15, -0.1) is 0 Å². The van der Waals surface area contributed by atoms with Gasteiger partial charge >= 0.3 is 5.97 Å². The number of carbonyl (C=O) groups excluding carboxylic acids is 1. The van der Waals surface area contributed by atoms with Crippen LogP contribution in [0.15, 0.2) is 12.1 Å². The summed E-state index contributed by atoms with van der Waals surface area (Å²) in [4.78, 5) is 13.9. The van der Waals surface area contributed by atoms with Gasteiger partial charge in [0.15, 0.2) is 0 Å². The van der Waals surface area contributed by atoms with Gasteiger partial charge in [-0.3, -0.25) is 0 Å². The van der Waals surface area contributed by atoms with Gasteiger partial charge in [-0.2, -0.15) is 0 Å². The van der Waals surface area contributed by atoms with Gasteiger partial charge in [0, 0.05) is 35.3 Å². The second-order valence-electron chi connectivity index (χ2n) is 2.28. The van der Waals surface area contributed by atoms with E-state index in [1.54, 1.807) is 13.0 Å². The molecule has 1 N–H and O–H groups in total. The van der Waals surface area contributed by atoms with Crippen LogP contribution >= 0.6 is 0 Å². The molecule has 1 radical (unpaired) electrons. The molecular weight excluding hydrogens is 165 g/mol. The van der Waals surface area contributed by atoms with Crippen molar-refractivity contribution in [2.45, 2.75) is 13.8 Å². The standard InChI is InChI=1S/C8H11NO2.Na/c1-3-11-8(10)7-5-4-6(2)9-7;/h4-5,9H,3H2,1-2H3;. The fraction of sp³-hybridized carbons (Fsp3) is 0.375. The summed E-state index contributed by atoms with van der Waals surface area (Å²) in [7, 11) is 0. The minimum atomic E-state index is -0.291. The molecule has 1 rings (SSSR count). The van der Waals surface area contributed by atoms with E-state index in [2.05, 4.69) is 4.98 Å². The third-order valence-electron chi connectivity index (χ3n) is 1.33. The molecule has 0 aliphatic carbocycles. The number of rotatable bonds is 2. The molecule has 0 aromatic carbocycles. The molecule has 0 aliphatic heterocycles. The van der Waals surface area contributed by atoms with Gasteiger partial charge in [-0.05, 0) is 26.0 Å². The van der Waals surface area contributed by atoms with Crippen molar-refractivity contribution in [2.24, 2.45) is 0 Å². The van der Waals surface area contributed by atoms with Gasteiger partial charge in [0.2, 0.25) is 0 Å². The molecule has 0 unspecified atom stereocenters. The van der Waals surface area contributed by atoms with Crippen molar-refractivity contribution < 1.29 is 9.53 Å². The first-order chi connectivity index (χ1) is 5.24. The number of esters is 1. The number of ether oxygens (including phenoxy) is 1. The van der Waals surface area contributed by atoms with Crippen LogP contribution < -0.4 is 0 Å². The van der Waals surface area contributed by atoms with Crippen LogP contribution in [-0.4, -0.2) is 47.1 Å². The number of aromatic amines is 1. The summed E-state index contributed by atoms with van der Waals surface area (Å²) in [5.41, 5.74) is 1.48. The number of hydrogen-bond acceptors (Lipinski definition) is 2. The van der Waals surface area contributed by atoms with Gasteiger partial charge in [-0.25, -0.2) is 4.79 Å². The first-order valence-electron chi connectivity index (χ1n) is 3.56. The number of hydrogen-bond donors (Lipinski definition) is 1. The number of nitrogens with one attached hydrogen (secondary N) is 1. The second kappa shape index (κ2) is 5.41. The smallest absolute Gasteiger partial charge is 0.354 e. The molecular formula is C8H11NNaO2. The first-order valence-corrected chi connectivity index (χ1v) is 3.56. The van der Waals surface area contributed by atoms with Crippen molar-refractivity contribution >= 4 is 35.5 Å². The van der Waals surface area contributed by atoms with E-state index in [0.29, 0.717) is 12.3 Å². The van der Waals surface area contributed by atoms with E-state index in [4.69, 9.17) is 4.74 Å². The van der Waals surface area contributed by atoms with E-state index in [1.165, 1.54) is 0 Å². The Hall–Kier alpha value is -0.250. The molecule has 0 aliphatic rings. The Kier molecular flexibility index (Phi) is 5.29. The van der Waals surface area contributed by atoms with Crippen molar-refractivity contribution in [1.82, 2.24) is 4.98 Å². The Morgan fingerprint density at radius 3 is 2.67 bits per heavy atom. The Morgan fingerprint density at radius 1 is 1.58 bits per heavy atom. The fourth-order valence-electron chi connectivity index (χ4n) is 0.832. The molecule has 0 bridgehead atoms. The molecule has 3 nitrogen and oxygen atoms in total. The number of carbonyl (C=O) groups is 1. The maximum absolute atomic E-state index is 11.0. The van der Waals surface area contributed by atoms with Crippen molar-refractivity contribution in [3.63, 3.8) is 0 Å². The molecule has 0 atom stereocenters. The Morgan fingerprint density at radius 2 is 2.25 bits per heavy atom. The van der Waals surface area contributed by atoms with E-state index >= 15 is 0 Å². The number of H-pyrrole nitrogens is 1.